The van der Waals surface area contributed by atoms with Gasteiger partial charge in [0.25, 0.3) is 17.4 Å². The fourth-order valence-corrected chi connectivity index (χ4v) is 3.10. The summed E-state index contributed by atoms with van der Waals surface area (Å²) in [7, 11) is 0. The van der Waals surface area contributed by atoms with E-state index in [0.29, 0.717) is 34.3 Å². The van der Waals surface area contributed by atoms with Gasteiger partial charge in [-0.25, -0.2) is 4.68 Å². The Bertz CT molecular complexity index is 1040. The Morgan fingerprint density at radius 2 is 1.81 bits per heavy atom. The summed E-state index contributed by atoms with van der Waals surface area (Å²) in [6, 6.07) is 6.71. The lowest BCUT2D eigenvalue weighted by Gasteiger charge is -2.10. The smallest absolute Gasteiger partial charge is 0.267 e. The van der Waals surface area contributed by atoms with Crippen molar-refractivity contribution in [2.24, 2.45) is 0 Å². The number of carbonyl (C=O) groups excluding carboxylic acids is 2. The van der Waals surface area contributed by atoms with Crippen LogP contribution >= 0.6 is 11.5 Å². The average molecular weight is 372 g/mol. The highest BCUT2D eigenvalue weighted by atomic mass is 32.1. The molecular formula is C16H16N6O3S. The van der Waals surface area contributed by atoms with Crippen LogP contribution in [0.2, 0.25) is 0 Å². The molecule has 0 atom stereocenters. The van der Waals surface area contributed by atoms with Crippen LogP contribution in [0.15, 0.2) is 29.1 Å². The minimum atomic E-state index is -0.618. The van der Waals surface area contributed by atoms with Gasteiger partial charge in [-0.3, -0.25) is 25.2 Å². The summed E-state index contributed by atoms with van der Waals surface area (Å²) in [6.45, 7) is 3.94. The van der Waals surface area contributed by atoms with Gasteiger partial charge in [-0.15, -0.1) is 5.10 Å². The number of hydrogen-bond donors (Lipinski definition) is 2. The molecule has 0 unspecified atom stereocenters. The zero-order chi connectivity index (χ0) is 18.7. The number of aromatic nitrogens is 4. The topological polar surface area (TPSA) is 119 Å². The highest BCUT2D eigenvalue weighted by Gasteiger charge is 2.19. The Morgan fingerprint density at radius 1 is 1.12 bits per heavy atom. The molecule has 3 rings (SSSR count). The predicted molar refractivity (Wildman–Crippen MR) is 95.9 cm³/mol. The molecule has 2 heterocycles. The lowest BCUT2D eigenvalue weighted by Crippen LogP contribution is -2.42. The fraction of sp³-hybridized carbons (Fsp3) is 0.250. The first-order valence-corrected chi connectivity index (χ1v) is 8.75. The number of fused-ring (bicyclic) bond motifs is 1. The highest BCUT2D eigenvalue weighted by molar-refractivity contribution is 7.08. The second kappa shape index (κ2) is 7.40. The average Bonchev–Trinajstić information content (AvgIpc) is 3.15. The molecule has 0 spiro atoms. The van der Waals surface area contributed by atoms with E-state index < -0.39 is 11.8 Å². The zero-order valence-corrected chi connectivity index (χ0v) is 15.0. The van der Waals surface area contributed by atoms with Gasteiger partial charge in [0.2, 0.25) is 0 Å². The van der Waals surface area contributed by atoms with E-state index in [1.165, 1.54) is 4.68 Å². The number of nitrogens with zero attached hydrogens (tertiary/aromatic N) is 4. The number of nitrogens with one attached hydrogen (secondary N) is 2. The standard InChI is InChI=1S/C16H16N6O3S/c1-3-11-13(26-21-17-11)15(24)19-18-14(23)12-9-7-5-6-8-10(9)16(25)22(4-2)20-12/h5-8H,3-4H2,1-2H3,(H,18,23)(H,19,24). The molecule has 134 valence electrons. The predicted octanol–water partition coefficient (Wildman–Crippen LogP) is 0.905. The van der Waals surface area contributed by atoms with Crippen molar-refractivity contribution in [3.63, 3.8) is 0 Å². The lowest BCUT2D eigenvalue weighted by molar-refractivity contribution is 0.0845. The van der Waals surface area contributed by atoms with Crippen molar-refractivity contribution in [1.29, 1.82) is 0 Å². The largest absolute Gasteiger partial charge is 0.290 e. The van der Waals surface area contributed by atoms with E-state index in [0.717, 1.165) is 11.5 Å². The van der Waals surface area contributed by atoms with Gasteiger partial charge in [-0.05, 0) is 30.9 Å². The summed E-state index contributed by atoms with van der Waals surface area (Å²) in [6.07, 6.45) is 0.556. The molecule has 0 saturated carbocycles. The van der Waals surface area contributed by atoms with Gasteiger partial charge in [0, 0.05) is 11.9 Å². The molecule has 0 fully saturated rings. The van der Waals surface area contributed by atoms with E-state index in [4.69, 9.17) is 0 Å². The van der Waals surface area contributed by atoms with Crippen molar-refractivity contribution in [2.45, 2.75) is 26.8 Å². The number of hydrazine groups is 1. The quantitative estimate of drug-likeness (QED) is 0.657. The van der Waals surface area contributed by atoms with Gasteiger partial charge < -0.3 is 0 Å². The van der Waals surface area contributed by atoms with Gasteiger partial charge in [0.1, 0.15) is 4.88 Å². The van der Waals surface area contributed by atoms with Gasteiger partial charge in [0.05, 0.1) is 11.1 Å². The zero-order valence-electron chi connectivity index (χ0n) is 14.1. The maximum Gasteiger partial charge on any atom is 0.290 e. The third-order valence-electron chi connectivity index (χ3n) is 3.77. The van der Waals surface area contributed by atoms with E-state index in [2.05, 4.69) is 25.5 Å². The first-order chi connectivity index (χ1) is 12.6. The van der Waals surface area contributed by atoms with Crippen LogP contribution < -0.4 is 16.4 Å². The Kier molecular flexibility index (Phi) is 5.03. The monoisotopic (exact) mass is 372 g/mol. The number of aryl methyl sites for hydroxylation is 2. The molecule has 2 amide bonds. The number of carbonyl (C=O) groups is 2. The Balaban J connectivity index is 1.87. The van der Waals surface area contributed by atoms with Crippen LogP contribution in [0, 0.1) is 0 Å². The number of benzene rings is 1. The van der Waals surface area contributed by atoms with Crippen LogP contribution in [0.4, 0.5) is 0 Å². The maximum absolute atomic E-state index is 12.5. The molecular weight excluding hydrogens is 356 g/mol. The number of hydrogen-bond acceptors (Lipinski definition) is 7. The van der Waals surface area contributed by atoms with E-state index in [-0.39, 0.29) is 11.3 Å². The second-order valence-electron chi connectivity index (χ2n) is 5.33. The molecule has 10 heteroatoms. The summed E-state index contributed by atoms with van der Waals surface area (Å²) in [5.41, 5.74) is 5.02. The molecule has 9 nitrogen and oxygen atoms in total. The van der Waals surface area contributed by atoms with Crippen molar-refractivity contribution < 1.29 is 9.59 Å². The normalized spacial score (nSPS) is 10.7. The molecule has 0 aliphatic rings. The third kappa shape index (κ3) is 3.18. The van der Waals surface area contributed by atoms with Crippen LogP contribution in [0.25, 0.3) is 10.8 Å². The summed E-state index contributed by atoms with van der Waals surface area (Å²) >= 11 is 0.955. The molecule has 26 heavy (non-hydrogen) atoms. The van der Waals surface area contributed by atoms with Crippen LogP contribution in [0.3, 0.4) is 0 Å². The molecule has 0 saturated heterocycles. The summed E-state index contributed by atoms with van der Waals surface area (Å²) in [5.74, 6) is -1.12. The van der Waals surface area contributed by atoms with Crippen molar-refractivity contribution in [3.05, 3.63) is 50.9 Å². The van der Waals surface area contributed by atoms with Crippen molar-refractivity contribution in [1.82, 2.24) is 30.2 Å². The summed E-state index contributed by atoms with van der Waals surface area (Å²) < 4.78 is 4.95. The van der Waals surface area contributed by atoms with Gasteiger partial charge >= 0.3 is 0 Å². The SMILES string of the molecule is CCc1nnsc1C(=O)NNC(=O)c1nn(CC)c(=O)c2ccccc12. The van der Waals surface area contributed by atoms with Gasteiger partial charge in [-0.1, -0.05) is 29.6 Å². The van der Waals surface area contributed by atoms with Crippen LogP contribution in [-0.2, 0) is 13.0 Å². The van der Waals surface area contributed by atoms with E-state index in [9.17, 15) is 14.4 Å². The van der Waals surface area contributed by atoms with E-state index >= 15 is 0 Å². The molecule has 1 aromatic carbocycles. The molecule has 3 aromatic rings. The Labute approximate surface area is 152 Å². The number of amides is 2. The first-order valence-electron chi connectivity index (χ1n) is 7.98. The maximum atomic E-state index is 12.5. The first kappa shape index (κ1) is 17.7. The van der Waals surface area contributed by atoms with Gasteiger partial charge in [-0.2, -0.15) is 5.10 Å². The third-order valence-corrected chi connectivity index (χ3v) is 4.54. The van der Waals surface area contributed by atoms with Crippen LogP contribution in [0.5, 0.6) is 0 Å². The molecule has 0 aliphatic heterocycles. The summed E-state index contributed by atoms with van der Waals surface area (Å²) in [5, 5.41) is 8.78. The van der Waals surface area contributed by atoms with Crippen LogP contribution in [0.1, 0.15) is 39.7 Å². The van der Waals surface area contributed by atoms with Crippen molar-refractivity contribution in [3.8, 4) is 0 Å². The highest BCUT2D eigenvalue weighted by Crippen LogP contribution is 2.13. The Hall–Kier alpha value is -3.14. The molecule has 2 aromatic heterocycles. The molecule has 2 N–H and O–H groups in total. The molecule has 0 bridgehead atoms. The number of rotatable bonds is 4. The molecule has 0 aliphatic carbocycles. The van der Waals surface area contributed by atoms with Gasteiger partial charge in [0.15, 0.2) is 5.69 Å². The lowest BCUT2D eigenvalue weighted by atomic mass is 10.1. The van der Waals surface area contributed by atoms with Crippen LogP contribution in [-0.4, -0.2) is 31.2 Å². The van der Waals surface area contributed by atoms with Crippen molar-refractivity contribution >= 4 is 34.1 Å². The van der Waals surface area contributed by atoms with Crippen molar-refractivity contribution in [2.75, 3.05) is 0 Å². The van der Waals surface area contributed by atoms with E-state index in [1.54, 1.807) is 31.2 Å². The fourth-order valence-electron chi connectivity index (χ4n) is 2.46. The second-order valence-corrected chi connectivity index (χ2v) is 6.08. The minimum absolute atomic E-state index is 0.0560. The van der Waals surface area contributed by atoms with E-state index in [1.807, 2.05) is 6.92 Å². The summed E-state index contributed by atoms with van der Waals surface area (Å²) in [4.78, 5) is 37.4. The molecule has 0 radical (unpaired) electrons. The minimum Gasteiger partial charge on any atom is -0.267 e. The Morgan fingerprint density at radius 3 is 2.50 bits per heavy atom.